The zero-order chi connectivity index (χ0) is 14.7. The Balaban J connectivity index is 1.90. The van der Waals surface area contributed by atoms with Gasteiger partial charge in [0.1, 0.15) is 0 Å². The fourth-order valence-electron chi connectivity index (χ4n) is 3.38. The van der Waals surface area contributed by atoms with Crippen molar-refractivity contribution in [2.24, 2.45) is 5.73 Å². The third-order valence-corrected chi connectivity index (χ3v) is 4.60. The maximum Gasteiger partial charge on any atom is 0.237 e. The summed E-state index contributed by atoms with van der Waals surface area (Å²) in [6.07, 6.45) is 3.53. The molecule has 2 aliphatic heterocycles. The predicted octanol–water partition coefficient (Wildman–Crippen LogP) is 0.824. The van der Waals surface area contributed by atoms with Gasteiger partial charge in [0, 0.05) is 31.2 Å². The number of rotatable bonds is 3. The Morgan fingerprint density at radius 3 is 2.60 bits per heavy atom. The highest BCUT2D eigenvalue weighted by Crippen LogP contribution is 2.23. The van der Waals surface area contributed by atoms with E-state index in [1.54, 1.807) is 0 Å². The van der Waals surface area contributed by atoms with Gasteiger partial charge in [-0.3, -0.25) is 9.69 Å². The molecule has 0 aromatic rings. The van der Waals surface area contributed by atoms with Crippen LogP contribution in [-0.4, -0.2) is 66.2 Å². The van der Waals surface area contributed by atoms with Crippen molar-refractivity contribution < 1.29 is 9.53 Å². The summed E-state index contributed by atoms with van der Waals surface area (Å²) < 4.78 is 5.65. The molecule has 0 saturated carbocycles. The smallest absolute Gasteiger partial charge is 0.237 e. The van der Waals surface area contributed by atoms with Crippen molar-refractivity contribution in [3.05, 3.63) is 0 Å². The van der Waals surface area contributed by atoms with Crippen LogP contribution in [0, 0.1) is 0 Å². The Morgan fingerprint density at radius 2 is 2.00 bits per heavy atom. The van der Waals surface area contributed by atoms with E-state index < -0.39 is 0 Å². The summed E-state index contributed by atoms with van der Waals surface area (Å²) in [4.78, 5) is 16.8. The number of carbonyl (C=O) groups is 1. The topological polar surface area (TPSA) is 58.8 Å². The third-order valence-electron chi connectivity index (χ3n) is 4.60. The molecule has 0 aliphatic carbocycles. The van der Waals surface area contributed by atoms with Gasteiger partial charge in [-0.25, -0.2) is 0 Å². The summed E-state index contributed by atoms with van der Waals surface area (Å²) >= 11 is 0. The van der Waals surface area contributed by atoms with Gasteiger partial charge in [0.25, 0.3) is 0 Å². The van der Waals surface area contributed by atoms with Crippen LogP contribution in [0.15, 0.2) is 0 Å². The van der Waals surface area contributed by atoms with Gasteiger partial charge in [-0.05, 0) is 40.0 Å². The van der Waals surface area contributed by atoms with Crippen molar-refractivity contribution in [1.29, 1.82) is 0 Å². The van der Waals surface area contributed by atoms with Crippen LogP contribution in [-0.2, 0) is 9.53 Å². The van der Waals surface area contributed by atoms with Gasteiger partial charge in [0.15, 0.2) is 0 Å². The molecule has 2 aliphatic rings. The second-order valence-electron chi connectivity index (χ2n) is 6.43. The van der Waals surface area contributed by atoms with Crippen LogP contribution in [0.25, 0.3) is 0 Å². The highest BCUT2D eigenvalue weighted by atomic mass is 16.5. The number of carbonyl (C=O) groups excluding carboxylic acids is 1. The molecule has 1 amide bonds. The molecule has 2 rings (SSSR count). The van der Waals surface area contributed by atoms with Crippen molar-refractivity contribution >= 4 is 5.91 Å². The van der Waals surface area contributed by atoms with Gasteiger partial charge in [0.2, 0.25) is 5.91 Å². The average Bonchev–Trinajstić information content (AvgIpc) is 2.38. The molecule has 0 spiro atoms. The molecule has 2 fully saturated rings. The van der Waals surface area contributed by atoms with E-state index in [2.05, 4.69) is 23.6 Å². The Hall–Kier alpha value is -0.650. The Morgan fingerprint density at radius 1 is 1.35 bits per heavy atom. The molecule has 2 heterocycles. The molecular formula is C15H29N3O2. The molecule has 0 bridgehead atoms. The molecule has 2 N–H and O–H groups in total. The molecule has 0 aromatic carbocycles. The van der Waals surface area contributed by atoms with Gasteiger partial charge < -0.3 is 15.4 Å². The number of likely N-dealkylation sites (tertiary alicyclic amines) is 1. The summed E-state index contributed by atoms with van der Waals surface area (Å²) in [7, 11) is 0. The maximum absolute atomic E-state index is 12.6. The van der Waals surface area contributed by atoms with Crippen molar-refractivity contribution in [1.82, 2.24) is 9.80 Å². The zero-order valence-corrected chi connectivity index (χ0v) is 13.0. The number of nitrogens with two attached hydrogens (primary N) is 1. The summed E-state index contributed by atoms with van der Waals surface area (Å²) in [5.41, 5.74) is 5.90. The van der Waals surface area contributed by atoms with E-state index in [9.17, 15) is 4.79 Å². The highest BCUT2D eigenvalue weighted by molar-refractivity contribution is 5.79. The number of hydrogen-bond donors (Lipinski definition) is 1. The molecule has 20 heavy (non-hydrogen) atoms. The predicted molar refractivity (Wildman–Crippen MR) is 79.5 cm³/mol. The summed E-state index contributed by atoms with van der Waals surface area (Å²) in [6.45, 7) is 9.05. The van der Waals surface area contributed by atoms with Crippen molar-refractivity contribution in [3.63, 3.8) is 0 Å². The summed E-state index contributed by atoms with van der Waals surface area (Å²) in [5.74, 6) is 0.259. The lowest BCUT2D eigenvalue weighted by atomic mass is 9.97. The van der Waals surface area contributed by atoms with Gasteiger partial charge in [-0.2, -0.15) is 0 Å². The van der Waals surface area contributed by atoms with Crippen molar-refractivity contribution in [2.75, 3.05) is 26.2 Å². The number of nitrogens with zero attached hydrogens (tertiary/aromatic N) is 2. The molecule has 5 heteroatoms. The molecule has 0 aromatic heterocycles. The van der Waals surface area contributed by atoms with Crippen LogP contribution in [0.4, 0.5) is 0 Å². The fraction of sp³-hybridized carbons (Fsp3) is 0.933. The SMILES string of the molecule is CC(N)C1CN(CC(=O)N2C(C)CCCC2C)CCO1. The second kappa shape index (κ2) is 6.87. The second-order valence-corrected chi connectivity index (χ2v) is 6.43. The summed E-state index contributed by atoms with van der Waals surface area (Å²) in [6, 6.07) is 0.758. The van der Waals surface area contributed by atoms with Gasteiger partial charge in [-0.15, -0.1) is 0 Å². The van der Waals surface area contributed by atoms with Crippen LogP contribution < -0.4 is 5.73 Å². The molecular weight excluding hydrogens is 254 g/mol. The first kappa shape index (κ1) is 15.7. The zero-order valence-electron chi connectivity index (χ0n) is 13.0. The number of amides is 1. The van der Waals surface area contributed by atoms with Crippen LogP contribution in [0.5, 0.6) is 0 Å². The van der Waals surface area contributed by atoms with E-state index in [1.165, 1.54) is 6.42 Å². The van der Waals surface area contributed by atoms with E-state index in [4.69, 9.17) is 10.5 Å². The first-order valence-electron chi connectivity index (χ1n) is 7.89. The maximum atomic E-state index is 12.6. The normalized spacial score (nSPS) is 34.0. The highest BCUT2D eigenvalue weighted by Gasteiger charge is 2.31. The third kappa shape index (κ3) is 3.71. The Kier molecular flexibility index (Phi) is 5.41. The van der Waals surface area contributed by atoms with Crippen molar-refractivity contribution in [2.45, 2.75) is 64.3 Å². The molecule has 116 valence electrons. The van der Waals surface area contributed by atoms with Crippen molar-refractivity contribution in [3.8, 4) is 0 Å². The van der Waals surface area contributed by atoms with Gasteiger partial charge in [0.05, 0.1) is 19.3 Å². The van der Waals surface area contributed by atoms with Gasteiger partial charge in [-0.1, -0.05) is 0 Å². The van der Waals surface area contributed by atoms with Crippen LogP contribution in [0.1, 0.15) is 40.0 Å². The van der Waals surface area contributed by atoms with E-state index >= 15 is 0 Å². The molecule has 2 saturated heterocycles. The lowest BCUT2D eigenvalue weighted by Crippen LogP contribution is -2.55. The van der Waals surface area contributed by atoms with Gasteiger partial charge >= 0.3 is 0 Å². The van der Waals surface area contributed by atoms with E-state index in [0.29, 0.717) is 25.2 Å². The molecule has 4 unspecified atom stereocenters. The molecule has 0 radical (unpaired) electrons. The largest absolute Gasteiger partial charge is 0.374 e. The lowest BCUT2D eigenvalue weighted by Gasteiger charge is -2.41. The summed E-state index contributed by atoms with van der Waals surface area (Å²) in [5, 5.41) is 0. The van der Waals surface area contributed by atoms with Crippen LogP contribution in [0.3, 0.4) is 0 Å². The number of morpholine rings is 1. The number of piperidine rings is 1. The fourth-order valence-corrected chi connectivity index (χ4v) is 3.38. The first-order chi connectivity index (χ1) is 9.49. The minimum Gasteiger partial charge on any atom is -0.374 e. The van der Waals surface area contributed by atoms with E-state index in [0.717, 1.165) is 25.9 Å². The Bertz CT molecular complexity index is 325. The van der Waals surface area contributed by atoms with Crippen LogP contribution in [0.2, 0.25) is 0 Å². The monoisotopic (exact) mass is 283 g/mol. The minimum atomic E-state index is 0.0146. The Labute approximate surface area is 122 Å². The molecule has 4 atom stereocenters. The minimum absolute atomic E-state index is 0.0146. The first-order valence-corrected chi connectivity index (χ1v) is 7.89. The van der Waals surface area contributed by atoms with E-state index in [-0.39, 0.29) is 18.1 Å². The molecule has 5 nitrogen and oxygen atoms in total. The average molecular weight is 283 g/mol. The number of ether oxygens (including phenoxy) is 1. The van der Waals surface area contributed by atoms with Crippen LogP contribution >= 0.6 is 0 Å². The number of hydrogen-bond acceptors (Lipinski definition) is 4. The lowest BCUT2D eigenvalue weighted by molar-refractivity contribution is -0.140. The van der Waals surface area contributed by atoms with E-state index in [1.807, 2.05) is 6.92 Å². The quantitative estimate of drug-likeness (QED) is 0.833. The standard InChI is InChI=1S/C15H29N3O2/c1-11-5-4-6-12(2)18(11)15(19)10-17-7-8-20-14(9-17)13(3)16/h11-14H,4-10,16H2,1-3H3.